The number of benzene rings is 1. The van der Waals surface area contributed by atoms with Gasteiger partial charge in [-0.15, -0.1) is 0 Å². The number of hydrogen-bond donors (Lipinski definition) is 1. The predicted molar refractivity (Wildman–Crippen MR) is 75.0 cm³/mol. The molecular formula is C15H15NS. The number of rotatable bonds is 0. The summed E-state index contributed by atoms with van der Waals surface area (Å²) in [4.78, 5) is 0. The van der Waals surface area contributed by atoms with Gasteiger partial charge in [0.2, 0.25) is 0 Å². The molecule has 86 valence electrons. The van der Waals surface area contributed by atoms with Crippen LogP contribution in [0.2, 0.25) is 0 Å². The molecule has 1 nitrogen and oxygen atoms in total. The SMILES string of the molecule is C1=CC2NCC3SCCC3=C2c2ccccc21. The maximum absolute atomic E-state index is 3.67. The normalized spacial score (nSPS) is 29.9. The van der Waals surface area contributed by atoms with Crippen LogP contribution in [0.25, 0.3) is 11.6 Å². The highest BCUT2D eigenvalue weighted by atomic mass is 32.2. The van der Waals surface area contributed by atoms with E-state index in [9.17, 15) is 0 Å². The summed E-state index contributed by atoms with van der Waals surface area (Å²) in [6, 6.07) is 9.25. The molecule has 0 saturated carbocycles. The number of fused-ring (bicyclic) bond motifs is 4. The second kappa shape index (κ2) is 3.76. The number of thioether (sulfide) groups is 1. The van der Waals surface area contributed by atoms with Crippen LogP contribution in [-0.4, -0.2) is 23.6 Å². The van der Waals surface area contributed by atoms with Crippen LogP contribution in [0.4, 0.5) is 0 Å². The molecule has 0 amide bonds. The molecule has 2 heteroatoms. The van der Waals surface area contributed by atoms with Gasteiger partial charge < -0.3 is 5.32 Å². The van der Waals surface area contributed by atoms with Crippen molar-refractivity contribution >= 4 is 23.4 Å². The van der Waals surface area contributed by atoms with Gasteiger partial charge in [-0.3, -0.25) is 0 Å². The van der Waals surface area contributed by atoms with Crippen molar-refractivity contribution in [3.8, 4) is 0 Å². The Morgan fingerprint density at radius 2 is 2.18 bits per heavy atom. The van der Waals surface area contributed by atoms with Gasteiger partial charge >= 0.3 is 0 Å². The van der Waals surface area contributed by atoms with Crippen molar-refractivity contribution in [3.63, 3.8) is 0 Å². The third-order valence-electron chi connectivity index (χ3n) is 3.98. The molecule has 2 heterocycles. The Morgan fingerprint density at radius 3 is 3.18 bits per heavy atom. The lowest BCUT2D eigenvalue weighted by Crippen LogP contribution is -2.40. The first-order valence-electron chi connectivity index (χ1n) is 6.29. The number of hydrogen-bond acceptors (Lipinski definition) is 2. The van der Waals surface area contributed by atoms with Crippen molar-refractivity contribution < 1.29 is 0 Å². The van der Waals surface area contributed by atoms with E-state index in [1.807, 2.05) is 0 Å². The summed E-state index contributed by atoms with van der Waals surface area (Å²) in [5.74, 6) is 1.30. The topological polar surface area (TPSA) is 12.0 Å². The van der Waals surface area contributed by atoms with Crippen molar-refractivity contribution in [1.82, 2.24) is 5.32 Å². The van der Waals surface area contributed by atoms with E-state index in [1.54, 1.807) is 11.1 Å². The highest BCUT2D eigenvalue weighted by Gasteiger charge is 2.34. The zero-order valence-electron chi connectivity index (χ0n) is 9.65. The second-order valence-corrected chi connectivity index (χ2v) is 6.19. The smallest absolute Gasteiger partial charge is 0.0516 e. The monoisotopic (exact) mass is 241 g/mol. The summed E-state index contributed by atoms with van der Waals surface area (Å²) >= 11 is 2.11. The third-order valence-corrected chi connectivity index (χ3v) is 5.27. The van der Waals surface area contributed by atoms with Crippen molar-refractivity contribution in [2.24, 2.45) is 0 Å². The fraction of sp³-hybridized carbons (Fsp3) is 0.333. The largest absolute Gasteiger partial charge is 0.305 e. The minimum atomic E-state index is 0.454. The minimum Gasteiger partial charge on any atom is -0.305 e. The highest BCUT2D eigenvalue weighted by molar-refractivity contribution is 8.00. The summed E-state index contributed by atoms with van der Waals surface area (Å²) in [5, 5.41) is 4.39. The quantitative estimate of drug-likeness (QED) is 0.749. The van der Waals surface area contributed by atoms with E-state index < -0.39 is 0 Å². The lowest BCUT2D eigenvalue weighted by atomic mass is 9.82. The first kappa shape index (κ1) is 9.98. The fourth-order valence-electron chi connectivity index (χ4n) is 3.19. The van der Waals surface area contributed by atoms with Gasteiger partial charge in [-0.05, 0) is 34.4 Å². The predicted octanol–water partition coefficient (Wildman–Crippen LogP) is 2.94. The minimum absolute atomic E-state index is 0.454. The molecule has 17 heavy (non-hydrogen) atoms. The summed E-state index contributed by atoms with van der Waals surface area (Å²) in [5.41, 5.74) is 6.11. The highest BCUT2D eigenvalue weighted by Crippen LogP contribution is 2.43. The van der Waals surface area contributed by atoms with Crippen LogP contribution in [-0.2, 0) is 0 Å². The van der Waals surface area contributed by atoms with Gasteiger partial charge in [0.05, 0.1) is 6.04 Å². The van der Waals surface area contributed by atoms with Crippen molar-refractivity contribution in [2.75, 3.05) is 12.3 Å². The Bertz CT molecular complexity index is 529. The van der Waals surface area contributed by atoms with Crippen LogP contribution >= 0.6 is 11.8 Å². The lowest BCUT2D eigenvalue weighted by molar-refractivity contribution is 0.653. The molecule has 2 unspecified atom stereocenters. The van der Waals surface area contributed by atoms with Crippen molar-refractivity contribution in [3.05, 3.63) is 47.0 Å². The van der Waals surface area contributed by atoms with Crippen molar-refractivity contribution in [1.29, 1.82) is 0 Å². The molecule has 2 aliphatic heterocycles. The van der Waals surface area contributed by atoms with Crippen LogP contribution in [0.15, 0.2) is 35.9 Å². The Hall–Kier alpha value is -0.990. The van der Waals surface area contributed by atoms with E-state index in [-0.39, 0.29) is 0 Å². The molecule has 0 radical (unpaired) electrons. The van der Waals surface area contributed by atoms with E-state index in [0.29, 0.717) is 6.04 Å². The molecular weight excluding hydrogens is 226 g/mol. The van der Waals surface area contributed by atoms with Gasteiger partial charge in [0.1, 0.15) is 0 Å². The van der Waals surface area contributed by atoms with E-state index in [4.69, 9.17) is 0 Å². The Labute approximate surface area is 106 Å². The third kappa shape index (κ3) is 1.44. The maximum atomic E-state index is 3.67. The summed E-state index contributed by atoms with van der Waals surface area (Å²) < 4.78 is 0. The Kier molecular flexibility index (Phi) is 2.20. The van der Waals surface area contributed by atoms with Gasteiger partial charge in [0, 0.05) is 11.8 Å². The standard InChI is InChI=1S/C15H15NS/c1-2-4-11-10(3-1)5-6-13-15(11)12-7-8-17-14(12)9-16-13/h1-6,13-14,16H,7-9H2. The first-order valence-corrected chi connectivity index (χ1v) is 7.34. The zero-order valence-corrected chi connectivity index (χ0v) is 10.5. The molecule has 1 aromatic carbocycles. The summed E-state index contributed by atoms with van der Waals surface area (Å²) in [6.07, 6.45) is 5.87. The average molecular weight is 241 g/mol. The van der Waals surface area contributed by atoms with Crippen LogP contribution in [0.1, 0.15) is 17.5 Å². The van der Waals surface area contributed by atoms with Crippen LogP contribution < -0.4 is 5.32 Å². The first-order chi connectivity index (χ1) is 8.43. The van der Waals surface area contributed by atoms with E-state index in [0.717, 1.165) is 11.8 Å². The molecule has 0 aromatic heterocycles. The Morgan fingerprint density at radius 1 is 1.24 bits per heavy atom. The molecule has 1 aliphatic carbocycles. The van der Waals surface area contributed by atoms with Crippen LogP contribution in [0.5, 0.6) is 0 Å². The van der Waals surface area contributed by atoms with Crippen LogP contribution in [0.3, 0.4) is 0 Å². The van der Waals surface area contributed by atoms with Gasteiger partial charge in [-0.1, -0.05) is 36.4 Å². The molecule has 3 aliphatic rings. The van der Waals surface area contributed by atoms with Gasteiger partial charge in [0.25, 0.3) is 0 Å². The van der Waals surface area contributed by atoms with Gasteiger partial charge in [-0.2, -0.15) is 11.8 Å². The molecule has 1 saturated heterocycles. The van der Waals surface area contributed by atoms with Crippen molar-refractivity contribution in [2.45, 2.75) is 17.7 Å². The molecule has 0 bridgehead atoms. The van der Waals surface area contributed by atoms with E-state index in [1.165, 1.54) is 23.3 Å². The van der Waals surface area contributed by atoms with Crippen LogP contribution in [0, 0.1) is 0 Å². The van der Waals surface area contributed by atoms with E-state index in [2.05, 4.69) is 53.5 Å². The fourth-order valence-corrected chi connectivity index (χ4v) is 4.47. The molecule has 1 N–H and O–H groups in total. The molecule has 0 spiro atoms. The Balaban J connectivity index is 1.96. The second-order valence-electron chi connectivity index (χ2n) is 4.88. The maximum Gasteiger partial charge on any atom is 0.0516 e. The average Bonchev–Trinajstić information content (AvgIpc) is 2.86. The lowest BCUT2D eigenvalue weighted by Gasteiger charge is -2.33. The van der Waals surface area contributed by atoms with Gasteiger partial charge in [0.15, 0.2) is 0 Å². The molecule has 4 rings (SSSR count). The van der Waals surface area contributed by atoms with Gasteiger partial charge in [-0.25, -0.2) is 0 Å². The summed E-state index contributed by atoms with van der Waals surface area (Å²) in [7, 11) is 0. The number of nitrogens with one attached hydrogen (secondary N) is 1. The molecule has 1 aromatic rings. The van der Waals surface area contributed by atoms with E-state index >= 15 is 0 Å². The molecule has 2 atom stereocenters. The zero-order chi connectivity index (χ0) is 11.2. The molecule has 1 fully saturated rings. The summed E-state index contributed by atoms with van der Waals surface area (Å²) in [6.45, 7) is 1.14.